The van der Waals surface area contributed by atoms with Gasteiger partial charge in [-0.3, -0.25) is 4.98 Å². The molecule has 0 aliphatic rings. The second-order valence-corrected chi connectivity index (χ2v) is 6.69. The number of hydrogen-bond acceptors (Lipinski definition) is 3. The molecule has 0 unspecified atom stereocenters. The number of fused-ring (bicyclic) bond motifs is 3. The number of nitrogens with zero attached hydrogens (tertiary/aromatic N) is 1. The summed E-state index contributed by atoms with van der Waals surface area (Å²) in [6.45, 7) is 0.643. The number of anilines is 1. The number of aromatic nitrogens is 2. The van der Waals surface area contributed by atoms with Crippen molar-refractivity contribution in [1.29, 1.82) is 0 Å². The molecule has 0 bridgehead atoms. The summed E-state index contributed by atoms with van der Waals surface area (Å²) < 4.78 is 5.91. The summed E-state index contributed by atoms with van der Waals surface area (Å²) >= 11 is 0. The summed E-state index contributed by atoms with van der Waals surface area (Å²) in [5, 5.41) is 5.86. The molecule has 3 aromatic carbocycles. The van der Waals surface area contributed by atoms with E-state index in [1.807, 2.05) is 66.9 Å². The fourth-order valence-corrected chi connectivity index (χ4v) is 3.38. The van der Waals surface area contributed by atoms with Crippen molar-refractivity contribution in [1.82, 2.24) is 9.97 Å². The van der Waals surface area contributed by atoms with E-state index in [0.29, 0.717) is 6.54 Å². The Morgan fingerprint density at radius 3 is 2.50 bits per heavy atom. The van der Waals surface area contributed by atoms with Gasteiger partial charge in [-0.25, -0.2) is 0 Å². The molecule has 5 rings (SSSR count). The normalized spacial score (nSPS) is 11.0. The third kappa shape index (κ3) is 3.28. The molecule has 28 heavy (non-hydrogen) atoms. The molecule has 0 spiro atoms. The maximum absolute atomic E-state index is 5.91. The van der Waals surface area contributed by atoms with Gasteiger partial charge in [0.15, 0.2) is 0 Å². The number of para-hydroxylation sites is 2. The quantitative estimate of drug-likeness (QED) is 0.394. The van der Waals surface area contributed by atoms with E-state index in [1.54, 1.807) is 0 Å². The number of H-pyrrole nitrogens is 1. The van der Waals surface area contributed by atoms with Gasteiger partial charge in [0, 0.05) is 28.0 Å². The van der Waals surface area contributed by atoms with Gasteiger partial charge in [0.2, 0.25) is 0 Å². The molecule has 0 amide bonds. The highest BCUT2D eigenvalue weighted by Crippen LogP contribution is 2.26. The molecule has 5 aromatic rings. The fourth-order valence-electron chi connectivity index (χ4n) is 3.38. The minimum atomic E-state index is 0.643. The lowest BCUT2D eigenvalue weighted by Gasteiger charge is -2.09. The molecule has 0 radical (unpaired) electrons. The first-order chi connectivity index (χ1) is 13.8. The van der Waals surface area contributed by atoms with Crippen LogP contribution in [0.1, 0.15) is 5.69 Å². The summed E-state index contributed by atoms with van der Waals surface area (Å²) in [6, 6.07) is 28.2. The van der Waals surface area contributed by atoms with E-state index in [-0.39, 0.29) is 0 Å². The Kier molecular flexibility index (Phi) is 4.14. The minimum Gasteiger partial charge on any atom is -0.457 e. The average molecular weight is 365 g/mol. The Morgan fingerprint density at radius 2 is 1.57 bits per heavy atom. The van der Waals surface area contributed by atoms with Crippen LogP contribution < -0.4 is 10.1 Å². The average Bonchev–Trinajstić information content (AvgIpc) is 3.11. The van der Waals surface area contributed by atoms with Gasteiger partial charge in [-0.1, -0.05) is 42.5 Å². The molecule has 0 fully saturated rings. The number of benzene rings is 3. The molecule has 0 aliphatic carbocycles. The monoisotopic (exact) mass is 365 g/mol. The van der Waals surface area contributed by atoms with E-state index in [4.69, 9.17) is 4.74 Å². The largest absolute Gasteiger partial charge is 0.457 e. The highest BCUT2D eigenvalue weighted by Gasteiger charge is 2.06. The smallest absolute Gasteiger partial charge is 0.129 e. The van der Waals surface area contributed by atoms with E-state index in [0.717, 1.165) is 33.9 Å². The summed E-state index contributed by atoms with van der Waals surface area (Å²) in [6.07, 6.45) is 1.90. The molecule has 136 valence electrons. The van der Waals surface area contributed by atoms with Crippen LogP contribution in [-0.2, 0) is 6.54 Å². The van der Waals surface area contributed by atoms with Crippen LogP contribution in [0.5, 0.6) is 11.5 Å². The Balaban J connectivity index is 1.34. The van der Waals surface area contributed by atoms with E-state index < -0.39 is 0 Å². The second-order valence-electron chi connectivity index (χ2n) is 6.69. The zero-order valence-electron chi connectivity index (χ0n) is 15.2. The molecular formula is C24H19N3O. The SMILES string of the molecule is c1ccc(Oc2cccc(NCc3cc4c(cn3)[nH]c3ccccc34)c2)cc1. The van der Waals surface area contributed by atoms with E-state index in [9.17, 15) is 0 Å². The summed E-state index contributed by atoms with van der Waals surface area (Å²) in [5.41, 5.74) is 4.18. The fraction of sp³-hybridized carbons (Fsp3) is 0.0417. The maximum atomic E-state index is 5.91. The van der Waals surface area contributed by atoms with Gasteiger partial charge in [-0.15, -0.1) is 0 Å². The molecule has 0 aliphatic heterocycles. The van der Waals surface area contributed by atoms with E-state index in [1.165, 1.54) is 10.8 Å². The maximum Gasteiger partial charge on any atom is 0.129 e. The van der Waals surface area contributed by atoms with Crippen molar-refractivity contribution in [2.45, 2.75) is 6.54 Å². The van der Waals surface area contributed by atoms with Gasteiger partial charge in [-0.05, 0) is 36.4 Å². The third-order valence-electron chi connectivity index (χ3n) is 4.73. The summed E-state index contributed by atoms with van der Waals surface area (Å²) in [4.78, 5) is 7.99. The number of rotatable bonds is 5. The molecule has 4 heteroatoms. The lowest BCUT2D eigenvalue weighted by molar-refractivity contribution is 0.483. The van der Waals surface area contributed by atoms with Crippen molar-refractivity contribution in [3.63, 3.8) is 0 Å². The standard InChI is InChI=1S/C24H19N3O/c1-2-8-19(9-3-1)28-20-10-6-7-17(13-20)25-15-18-14-22-21-11-4-5-12-23(21)27-24(22)16-26-18/h1-14,16,25,27H,15H2. The first kappa shape index (κ1) is 16.4. The van der Waals surface area contributed by atoms with Crippen LogP contribution in [0.4, 0.5) is 5.69 Å². The van der Waals surface area contributed by atoms with Gasteiger partial charge in [0.1, 0.15) is 11.5 Å². The summed E-state index contributed by atoms with van der Waals surface area (Å²) in [7, 11) is 0. The molecule has 2 aromatic heterocycles. The molecule has 0 saturated heterocycles. The highest BCUT2D eigenvalue weighted by molar-refractivity contribution is 6.06. The van der Waals surface area contributed by atoms with Crippen LogP contribution in [0.2, 0.25) is 0 Å². The Morgan fingerprint density at radius 1 is 0.750 bits per heavy atom. The lowest BCUT2D eigenvalue weighted by atomic mass is 10.1. The molecular weight excluding hydrogens is 346 g/mol. The number of aromatic amines is 1. The predicted molar refractivity (Wildman–Crippen MR) is 114 cm³/mol. The predicted octanol–water partition coefficient (Wildman–Crippen LogP) is 6.12. The van der Waals surface area contributed by atoms with Crippen LogP contribution in [0.15, 0.2) is 91.1 Å². The first-order valence-electron chi connectivity index (χ1n) is 9.27. The zero-order valence-corrected chi connectivity index (χ0v) is 15.2. The van der Waals surface area contributed by atoms with Crippen molar-refractivity contribution in [2.75, 3.05) is 5.32 Å². The van der Waals surface area contributed by atoms with Crippen molar-refractivity contribution in [3.8, 4) is 11.5 Å². The zero-order chi connectivity index (χ0) is 18.8. The van der Waals surface area contributed by atoms with E-state index in [2.05, 4.69) is 39.6 Å². The van der Waals surface area contributed by atoms with Gasteiger partial charge in [0.05, 0.1) is 24.0 Å². The number of ether oxygens (including phenoxy) is 1. The molecule has 0 saturated carbocycles. The van der Waals surface area contributed by atoms with Crippen molar-refractivity contribution >= 4 is 27.5 Å². The van der Waals surface area contributed by atoms with Gasteiger partial charge < -0.3 is 15.0 Å². The molecule has 4 nitrogen and oxygen atoms in total. The summed E-state index contributed by atoms with van der Waals surface area (Å²) in [5.74, 6) is 1.63. The van der Waals surface area contributed by atoms with Crippen molar-refractivity contribution in [3.05, 3.63) is 96.8 Å². The van der Waals surface area contributed by atoms with Gasteiger partial charge in [0.25, 0.3) is 0 Å². The lowest BCUT2D eigenvalue weighted by Crippen LogP contribution is -2.01. The second kappa shape index (κ2) is 7.08. The number of nitrogens with one attached hydrogen (secondary N) is 2. The minimum absolute atomic E-state index is 0.643. The van der Waals surface area contributed by atoms with Crippen LogP contribution in [-0.4, -0.2) is 9.97 Å². The molecule has 0 atom stereocenters. The molecule has 2 heterocycles. The van der Waals surface area contributed by atoms with Gasteiger partial charge >= 0.3 is 0 Å². The highest BCUT2D eigenvalue weighted by atomic mass is 16.5. The number of hydrogen-bond donors (Lipinski definition) is 2. The van der Waals surface area contributed by atoms with Crippen LogP contribution in [0, 0.1) is 0 Å². The van der Waals surface area contributed by atoms with Crippen molar-refractivity contribution < 1.29 is 4.74 Å². The third-order valence-corrected chi connectivity index (χ3v) is 4.73. The van der Waals surface area contributed by atoms with Crippen LogP contribution in [0.3, 0.4) is 0 Å². The Bertz CT molecular complexity index is 1240. The Labute approximate surface area is 162 Å². The van der Waals surface area contributed by atoms with Crippen LogP contribution >= 0.6 is 0 Å². The first-order valence-corrected chi connectivity index (χ1v) is 9.27. The number of pyridine rings is 1. The van der Waals surface area contributed by atoms with Crippen molar-refractivity contribution in [2.24, 2.45) is 0 Å². The Hall–Kier alpha value is -3.79. The van der Waals surface area contributed by atoms with Crippen LogP contribution in [0.25, 0.3) is 21.8 Å². The topological polar surface area (TPSA) is 49.9 Å². The molecule has 2 N–H and O–H groups in total. The van der Waals surface area contributed by atoms with Gasteiger partial charge in [-0.2, -0.15) is 0 Å². The van der Waals surface area contributed by atoms with E-state index >= 15 is 0 Å².